The molecular weight excluding hydrogens is 400 g/mol. The normalized spacial score (nSPS) is 24.7. The second-order valence-electron chi connectivity index (χ2n) is 8.96. The summed E-state index contributed by atoms with van der Waals surface area (Å²) in [5.74, 6) is -0.693. The number of benzene rings is 1. The fourth-order valence-corrected chi connectivity index (χ4v) is 5.24. The number of aromatic nitrogens is 1. The van der Waals surface area contributed by atoms with E-state index in [4.69, 9.17) is 11.6 Å². The van der Waals surface area contributed by atoms with Gasteiger partial charge in [0.25, 0.3) is 0 Å². The Bertz CT molecular complexity index is 1070. The molecule has 30 heavy (non-hydrogen) atoms. The summed E-state index contributed by atoms with van der Waals surface area (Å²) in [4.78, 5) is 31.8. The Hall–Kier alpha value is -2.52. The van der Waals surface area contributed by atoms with Crippen LogP contribution in [0.4, 0.5) is 0 Å². The molecule has 2 saturated carbocycles. The Morgan fingerprint density at radius 2 is 2.00 bits per heavy atom. The molecule has 2 fully saturated rings. The van der Waals surface area contributed by atoms with Crippen molar-refractivity contribution in [1.29, 1.82) is 5.26 Å². The molecule has 2 atom stereocenters. The predicted octanol–water partition coefficient (Wildman–Crippen LogP) is 3.68. The predicted molar refractivity (Wildman–Crippen MR) is 114 cm³/mol. The number of H-pyrrole nitrogens is 1. The highest BCUT2D eigenvalue weighted by Gasteiger charge is 2.47. The first-order valence-electron chi connectivity index (χ1n) is 10.8. The van der Waals surface area contributed by atoms with Gasteiger partial charge in [-0.2, -0.15) is 5.26 Å². The van der Waals surface area contributed by atoms with Crippen LogP contribution in [-0.4, -0.2) is 33.8 Å². The lowest BCUT2D eigenvalue weighted by molar-refractivity contribution is -0.144. The Morgan fingerprint density at radius 1 is 1.23 bits per heavy atom. The van der Waals surface area contributed by atoms with Crippen molar-refractivity contribution in [2.45, 2.75) is 57.0 Å². The maximum atomic E-state index is 13.5. The van der Waals surface area contributed by atoms with Crippen molar-refractivity contribution in [3.05, 3.63) is 34.5 Å². The Labute approximate surface area is 180 Å². The van der Waals surface area contributed by atoms with Crippen LogP contribution in [0.3, 0.4) is 0 Å². The average Bonchev–Trinajstić information content (AvgIpc) is 3.45. The van der Waals surface area contributed by atoms with Crippen LogP contribution < -0.4 is 5.32 Å². The molecule has 7 heteroatoms. The minimum absolute atomic E-state index is 0.0682. The van der Waals surface area contributed by atoms with Gasteiger partial charge in [0.1, 0.15) is 5.54 Å². The molecule has 0 radical (unpaired) electrons. The lowest BCUT2D eigenvalue weighted by Crippen LogP contribution is -2.48. The number of rotatable bonds is 3. The molecule has 2 amide bonds. The number of hydrogen-bond acceptors (Lipinski definition) is 3. The summed E-state index contributed by atoms with van der Waals surface area (Å²) < 4.78 is 0. The molecule has 5 rings (SSSR count). The van der Waals surface area contributed by atoms with Gasteiger partial charge in [0.2, 0.25) is 11.8 Å². The van der Waals surface area contributed by atoms with Crippen molar-refractivity contribution in [3.8, 4) is 6.07 Å². The van der Waals surface area contributed by atoms with E-state index in [2.05, 4.69) is 16.4 Å². The molecule has 1 aromatic heterocycles. The van der Waals surface area contributed by atoms with Gasteiger partial charge in [0.15, 0.2) is 0 Å². The smallest absolute Gasteiger partial charge is 0.226 e. The zero-order valence-corrected chi connectivity index (χ0v) is 17.6. The van der Waals surface area contributed by atoms with E-state index >= 15 is 0 Å². The largest absolute Gasteiger partial charge is 0.358 e. The zero-order chi connectivity index (χ0) is 20.9. The van der Waals surface area contributed by atoms with Crippen LogP contribution in [0.5, 0.6) is 0 Å². The van der Waals surface area contributed by atoms with Gasteiger partial charge in [-0.1, -0.05) is 24.4 Å². The van der Waals surface area contributed by atoms with Crippen LogP contribution in [-0.2, 0) is 22.6 Å². The van der Waals surface area contributed by atoms with Gasteiger partial charge in [-0.15, -0.1) is 0 Å². The monoisotopic (exact) mass is 424 g/mol. The highest BCUT2D eigenvalue weighted by atomic mass is 35.5. The average molecular weight is 425 g/mol. The first kappa shape index (κ1) is 19.4. The molecule has 2 heterocycles. The number of aromatic amines is 1. The lowest BCUT2D eigenvalue weighted by atomic mass is 9.77. The van der Waals surface area contributed by atoms with E-state index in [1.807, 2.05) is 23.1 Å². The third-order valence-corrected chi connectivity index (χ3v) is 7.23. The van der Waals surface area contributed by atoms with E-state index in [1.54, 1.807) is 0 Å². The number of carbonyl (C=O) groups is 2. The third-order valence-electron chi connectivity index (χ3n) is 7.00. The molecule has 0 saturated heterocycles. The fourth-order valence-electron chi connectivity index (χ4n) is 5.07. The summed E-state index contributed by atoms with van der Waals surface area (Å²) in [5.41, 5.74) is 2.65. The SMILES string of the molecule is N#CC1(NC(=O)C2CCCC[C@H]2C(=O)N2CCc3[nH]c4ccc(Cl)cc4c3C2)CC1. The molecule has 1 aromatic carbocycles. The minimum Gasteiger partial charge on any atom is -0.358 e. The molecule has 1 unspecified atom stereocenters. The number of amides is 2. The summed E-state index contributed by atoms with van der Waals surface area (Å²) in [6.45, 7) is 1.20. The highest BCUT2D eigenvalue weighted by molar-refractivity contribution is 6.31. The summed E-state index contributed by atoms with van der Waals surface area (Å²) in [5, 5.41) is 14.0. The highest BCUT2D eigenvalue weighted by Crippen LogP contribution is 2.38. The van der Waals surface area contributed by atoms with Gasteiger partial charge in [-0.05, 0) is 43.9 Å². The second-order valence-corrected chi connectivity index (χ2v) is 9.40. The van der Waals surface area contributed by atoms with Gasteiger partial charge < -0.3 is 15.2 Å². The van der Waals surface area contributed by atoms with Crippen LogP contribution >= 0.6 is 11.6 Å². The number of fused-ring (bicyclic) bond motifs is 3. The maximum Gasteiger partial charge on any atom is 0.226 e. The summed E-state index contributed by atoms with van der Waals surface area (Å²) >= 11 is 6.20. The van der Waals surface area contributed by atoms with Crippen LogP contribution in [0.2, 0.25) is 5.02 Å². The number of halogens is 1. The van der Waals surface area contributed by atoms with E-state index in [9.17, 15) is 14.9 Å². The topological polar surface area (TPSA) is 89.0 Å². The summed E-state index contributed by atoms with van der Waals surface area (Å²) in [6.07, 6.45) is 5.55. The lowest BCUT2D eigenvalue weighted by Gasteiger charge is -2.36. The molecule has 2 aromatic rings. The molecule has 0 bridgehead atoms. The Kier molecular flexibility index (Phi) is 4.74. The number of nitrogens with zero attached hydrogens (tertiary/aromatic N) is 2. The fraction of sp³-hybridized carbons (Fsp3) is 0.522. The van der Waals surface area contributed by atoms with Gasteiger partial charge in [-0.3, -0.25) is 9.59 Å². The molecule has 1 aliphatic heterocycles. The van der Waals surface area contributed by atoms with Gasteiger partial charge in [0, 0.05) is 58.5 Å². The third kappa shape index (κ3) is 3.35. The van der Waals surface area contributed by atoms with Crippen LogP contribution in [0.1, 0.15) is 49.8 Å². The number of hydrogen-bond donors (Lipinski definition) is 2. The van der Waals surface area contributed by atoms with Gasteiger partial charge in [0.05, 0.1) is 6.07 Å². The first-order chi connectivity index (χ1) is 14.5. The molecule has 0 spiro atoms. The zero-order valence-electron chi connectivity index (χ0n) is 16.8. The summed E-state index contributed by atoms with van der Waals surface area (Å²) in [6, 6.07) is 8.02. The Morgan fingerprint density at radius 3 is 2.73 bits per heavy atom. The molecule has 2 N–H and O–H groups in total. The first-order valence-corrected chi connectivity index (χ1v) is 11.2. The molecule has 3 aliphatic rings. The van der Waals surface area contributed by atoms with Crippen molar-refractivity contribution in [2.75, 3.05) is 6.54 Å². The number of carbonyl (C=O) groups excluding carboxylic acids is 2. The van der Waals surface area contributed by atoms with E-state index < -0.39 is 5.54 Å². The van der Waals surface area contributed by atoms with E-state index in [0.717, 1.165) is 42.1 Å². The van der Waals surface area contributed by atoms with Crippen molar-refractivity contribution < 1.29 is 9.59 Å². The maximum absolute atomic E-state index is 13.5. The number of nitriles is 1. The van der Waals surface area contributed by atoms with Crippen molar-refractivity contribution in [1.82, 2.24) is 15.2 Å². The molecule has 2 aliphatic carbocycles. The molecule has 156 valence electrons. The van der Waals surface area contributed by atoms with Gasteiger partial charge >= 0.3 is 0 Å². The molecule has 6 nitrogen and oxygen atoms in total. The van der Waals surface area contributed by atoms with Crippen LogP contribution in [0.25, 0.3) is 10.9 Å². The van der Waals surface area contributed by atoms with Crippen LogP contribution in [0.15, 0.2) is 18.2 Å². The molecular formula is C23H25ClN4O2. The standard InChI is InChI=1S/C23H25ClN4O2/c24-14-5-6-19-17(11-14)18-12-28(10-7-20(18)26-19)22(30)16-4-2-1-3-15(16)21(29)27-23(13-25)8-9-23/h5-6,11,15-16,26H,1-4,7-10,12H2,(H,27,29)/t15?,16-/m1/s1. The van der Waals surface area contributed by atoms with Crippen molar-refractivity contribution >= 4 is 34.3 Å². The van der Waals surface area contributed by atoms with Crippen LogP contribution in [0, 0.1) is 23.2 Å². The summed E-state index contributed by atoms with van der Waals surface area (Å²) in [7, 11) is 0. The van der Waals surface area contributed by atoms with E-state index in [-0.39, 0.29) is 23.7 Å². The second kappa shape index (κ2) is 7.31. The number of nitrogens with one attached hydrogen (secondary N) is 2. The van der Waals surface area contributed by atoms with Crippen molar-refractivity contribution in [3.63, 3.8) is 0 Å². The Balaban J connectivity index is 1.36. The van der Waals surface area contributed by atoms with Gasteiger partial charge in [-0.25, -0.2) is 0 Å². The minimum atomic E-state index is -0.689. The van der Waals surface area contributed by atoms with Crippen molar-refractivity contribution in [2.24, 2.45) is 11.8 Å². The quantitative estimate of drug-likeness (QED) is 0.787. The van der Waals surface area contributed by atoms with E-state index in [1.165, 1.54) is 5.69 Å². The van der Waals surface area contributed by atoms with E-state index in [0.29, 0.717) is 37.4 Å².